The van der Waals surface area contributed by atoms with E-state index in [0.717, 1.165) is 61.2 Å². The Kier molecular flexibility index (Phi) is 10.8. The Morgan fingerprint density at radius 2 is 0.291 bits per heavy atom. The SMILES string of the molecule is OB(O)c1ccc2c(c1)C1(c3cc(-c4ccc5c(c4)C4(c6ccccc6-c6ccccc64)c4ccccc4-5)ccc3-2)c2cc(-c3ccc4c(c3)C3(c5ccccc5-c5ccccc53)c3ccccc3-4)ccc2-c2ccc(-c3ccc4c(c3)C3(c5ccccc5-c5ccccc53)c3ccccc3-4)cc21. The van der Waals surface area contributed by atoms with Crippen molar-refractivity contribution >= 4 is 12.6 Å². The summed E-state index contributed by atoms with van der Waals surface area (Å²) in [6.45, 7) is 0. The second-order valence-corrected chi connectivity index (χ2v) is 29.7. The van der Waals surface area contributed by atoms with Crippen molar-refractivity contribution in [1.29, 1.82) is 0 Å². The van der Waals surface area contributed by atoms with E-state index >= 15 is 0 Å². The third kappa shape index (κ3) is 6.63. The Hall–Kier alpha value is -12.5. The van der Waals surface area contributed by atoms with Crippen LogP contribution in [0.4, 0.5) is 0 Å². The molecule has 0 saturated heterocycles. The fraction of sp³-hybridized carbons (Fsp3) is 0.0400. The molecule has 4 spiro atoms. The molecular weight excluding hydrogens is 1240 g/mol. The molecular formula is C100H59BO2. The molecule has 2 nitrogen and oxygen atoms in total. The van der Waals surface area contributed by atoms with Gasteiger partial charge in [0.2, 0.25) is 0 Å². The maximum absolute atomic E-state index is 11.5. The van der Waals surface area contributed by atoms with Crippen LogP contribution in [0.1, 0.15) is 89.0 Å². The summed E-state index contributed by atoms with van der Waals surface area (Å²) in [5, 5.41) is 23.0. The van der Waals surface area contributed by atoms with E-state index in [1.54, 1.807) is 0 Å². The topological polar surface area (TPSA) is 40.5 Å². The minimum atomic E-state index is -1.70. The predicted octanol–water partition coefficient (Wildman–Crippen LogP) is 21.7. The highest BCUT2D eigenvalue weighted by atomic mass is 16.4. The molecule has 0 aromatic heterocycles. The zero-order valence-electron chi connectivity index (χ0n) is 55.9. The van der Waals surface area contributed by atoms with Gasteiger partial charge in [0.25, 0.3) is 0 Å². The lowest BCUT2D eigenvalue weighted by Gasteiger charge is -2.32. The van der Waals surface area contributed by atoms with Gasteiger partial charge in [0.1, 0.15) is 0 Å². The van der Waals surface area contributed by atoms with Gasteiger partial charge in [-0.25, -0.2) is 0 Å². The van der Waals surface area contributed by atoms with Gasteiger partial charge in [0.05, 0.1) is 21.7 Å². The standard InChI is InChI=1S/C100H59BO2/c102-101(103)64-43-50-80-79-49-42-63(60-39-46-76-73-27-9-18-36-89(73)99(92(76)53-60)85-32-14-5-23-69(85)70-24-6-15-33-86(70)99)56-95(79)100(96(80)57-64)93-54-61(58-37-44-74-71-25-7-16-34-87(71)97(90(74)51-58)81-28-10-1-19-65(81)66-20-2-11-29-82(66)97)40-47-77(93)78-48-41-62(55-94(78)100)59-38-45-75-72-26-8-17-35-88(72)98(91(75)52-59)83-30-12-3-21-67(83)68-22-4-13-31-84(68)98/h1-57,102-103H. The van der Waals surface area contributed by atoms with E-state index in [-0.39, 0.29) is 0 Å². The Morgan fingerprint density at radius 1 is 0.146 bits per heavy atom. The van der Waals surface area contributed by atoms with Crippen LogP contribution in [0.15, 0.2) is 346 Å². The molecule has 0 fully saturated rings. The average molecular weight is 1300 g/mol. The summed E-state index contributed by atoms with van der Waals surface area (Å²) in [6.07, 6.45) is 0. The highest BCUT2D eigenvalue weighted by molar-refractivity contribution is 6.58. The Balaban J connectivity index is 0.754. The summed E-state index contributed by atoms with van der Waals surface area (Å²) in [4.78, 5) is 0. The third-order valence-corrected chi connectivity index (χ3v) is 25.6. The molecule has 0 atom stereocenters. The number of hydrogen-bond donors (Lipinski definition) is 2. The number of hydrogen-bond acceptors (Lipinski definition) is 2. The molecule has 0 aliphatic heterocycles. The van der Waals surface area contributed by atoms with Gasteiger partial charge >= 0.3 is 7.12 Å². The summed E-state index contributed by atoms with van der Waals surface area (Å²) < 4.78 is 0. The van der Waals surface area contributed by atoms with E-state index in [9.17, 15) is 10.0 Å². The predicted molar refractivity (Wildman–Crippen MR) is 418 cm³/mol. The van der Waals surface area contributed by atoms with Gasteiger partial charge in [-0.2, -0.15) is 0 Å². The van der Waals surface area contributed by atoms with Crippen LogP contribution < -0.4 is 5.46 Å². The van der Waals surface area contributed by atoms with Crippen LogP contribution in [0.5, 0.6) is 0 Å². The van der Waals surface area contributed by atoms with E-state index in [4.69, 9.17) is 0 Å². The van der Waals surface area contributed by atoms with E-state index in [1.165, 1.54) is 150 Å². The van der Waals surface area contributed by atoms with E-state index in [2.05, 4.69) is 340 Å². The van der Waals surface area contributed by atoms with Gasteiger partial charge in [-0.05, 0) is 253 Å². The summed E-state index contributed by atoms with van der Waals surface area (Å²) in [5.41, 5.74) is 44.8. The second-order valence-electron chi connectivity index (χ2n) is 29.7. The van der Waals surface area contributed by atoms with Crippen molar-refractivity contribution in [3.05, 3.63) is 435 Å². The summed E-state index contributed by atoms with van der Waals surface area (Å²) >= 11 is 0. The first-order chi connectivity index (χ1) is 50.9. The van der Waals surface area contributed by atoms with Crippen LogP contribution in [-0.2, 0) is 21.7 Å². The first-order valence-electron chi connectivity index (χ1n) is 36.2. The average Bonchev–Trinajstić information content (AvgIpc) is 1.55. The second kappa shape index (κ2) is 19.7. The Morgan fingerprint density at radius 3 is 0.476 bits per heavy atom. The van der Waals surface area contributed by atoms with Gasteiger partial charge in [0.15, 0.2) is 0 Å². The van der Waals surface area contributed by atoms with Crippen LogP contribution in [0, 0.1) is 0 Å². The number of benzene rings is 16. The van der Waals surface area contributed by atoms with Crippen LogP contribution in [0.2, 0.25) is 0 Å². The molecule has 24 rings (SSSR count). The molecule has 8 aliphatic carbocycles. The molecule has 0 unspecified atom stereocenters. The van der Waals surface area contributed by atoms with Crippen LogP contribution in [0.25, 0.3) is 122 Å². The fourth-order valence-electron chi connectivity index (χ4n) is 21.8. The highest BCUT2D eigenvalue weighted by Gasteiger charge is 2.57. The molecule has 474 valence electrons. The molecule has 3 heteroatoms. The molecule has 16 aromatic rings. The van der Waals surface area contributed by atoms with Crippen molar-refractivity contribution in [2.45, 2.75) is 21.7 Å². The van der Waals surface area contributed by atoms with Gasteiger partial charge in [-0.1, -0.05) is 309 Å². The van der Waals surface area contributed by atoms with Crippen molar-refractivity contribution in [3.8, 4) is 122 Å². The summed E-state index contributed by atoms with van der Waals surface area (Å²) in [5.74, 6) is 0. The van der Waals surface area contributed by atoms with Crippen LogP contribution >= 0.6 is 0 Å². The first-order valence-corrected chi connectivity index (χ1v) is 36.2. The zero-order chi connectivity index (χ0) is 67.4. The van der Waals surface area contributed by atoms with E-state index < -0.39 is 28.8 Å². The quantitative estimate of drug-likeness (QED) is 0.172. The molecule has 103 heavy (non-hydrogen) atoms. The van der Waals surface area contributed by atoms with E-state index in [1.807, 2.05) is 6.07 Å². The molecule has 0 radical (unpaired) electrons. The van der Waals surface area contributed by atoms with Crippen molar-refractivity contribution in [1.82, 2.24) is 0 Å². The van der Waals surface area contributed by atoms with Crippen LogP contribution in [0.3, 0.4) is 0 Å². The third-order valence-electron chi connectivity index (χ3n) is 25.6. The molecule has 0 bridgehead atoms. The van der Waals surface area contributed by atoms with Gasteiger partial charge < -0.3 is 10.0 Å². The van der Waals surface area contributed by atoms with Gasteiger partial charge in [-0.3, -0.25) is 0 Å². The maximum atomic E-state index is 11.5. The smallest absolute Gasteiger partial charge is 0.423 e. The number of rotatable bonds is 4. The zero-order valence-corrected chi connectivity index (χ0v) is 55.9. The van der Waals surface area contributed by atoms with E-state index in [0.29, 0.717) is 5.46 Å². The van der Waals surface area contributed by atoms with Crippen molar-refractivity contribution < 1.29 is 10.0 Å². The lowest BCUT2D eigenvalue weighted by molar-refractivity contribution is 0.425. The summed E-state index contributed by atoms with van der Waals surface area (Å²) in [6, 6.07) is 131. The first kappa shape index (κ1) is 56.3. The van der Waals surface area contributed by atoms with Gasteiger partial charge in [0, 0.05) is 0 Å². The number of fused-ring (bicyclic) bond motifs is 40. The monoisotopic (exact) mass is 1300 g/mol. The van der Waals surface area contributed by atoms with Crippen LogP contribution in [-0.4, -0.2) is 17.2 Å². The molecule has 0 saturated carbocycles. The Labute approximate surface area is 597 Å². The van der Waals surface area contributed by atoms with Gasteiger partial charge in [-0.15, -0.1) is 0 Å². The largest absolute Gasteiger partial charge is 0.488 e. The molecule has 0 heterocycles. The lowest BCUT2D eigenvalue weighted by atomic mass is 9.67. The Bertz CT molecular complexity index is 5860. The van der Waals surface area contributed by atoms with Crippen molar-refractivity contribution in [3.63, 3.8) is 0 Å². The lowest BCUT2D eigenvalue weighted by Crippen LogP contribution is -2.33. The van der Waals surface area contributed by atoms with Crippen molar-refractivity contribution in [2.24, 2.45) is 0 Å². The normalized spacial score (nSPS) is 15.2. The maximum Gasteiger partial charge on any atom is 0.488 e. The highest BCUT2D eigenvalue weighted by Crippen LogP contribution is 2.69. The molecule has 8 aliphatic rings. The summed E-state index contributed by atoms with van der Waals surface area (Å²) in [7, 11) is -1.70. The minimum absolute atomic E-state index is 0.454. The molecule has 0 amide bonds. The fourth-order valence-corrected chi connectivity index (χ4v) is 21.8. The molecule has 2 N–H and O–H groups in total. The van der Waals surface area contributed by atoms with Crippen molar-refractivity contribution in [2.75, 3.05) is 0 Å². The minimum Gasteiger partial charge on any atom is -0.423 e. The molecule has 16 aromatic carbocycles.